The lowest BCUT2D eigenvalue weighted by atomic mass is 9.72. The Labute approximate surface area is 144 Å². The fraction of sp³-hybridized carbons (Fsp3) is 0.421. The number of fused-ring (bicyclic) bond motifs is 4. The molecule has 0 bridgehead atoms. The SMILES string of the molecule is O=C(O)[C@@H]1[C@H]2CC=C[C@@H]2c2cc([N+](=O)[O-])cc3c2N1C[C@@H]1CC=C[C@@H]31. The van der Waals surface area contributed by atoms with Crippen molar-refractivity contribution in [1.82, 2.24) is 0 Å². The molecular weight excluding hydrogens is 320 g/mol. The van der Waals surface area contributed by atoms with Gasteiger partial charge in [-0.1, -0.05) is 24.3 Å². The number of nitro groups is 1. The molecule has 2 heterocycles. The highest BCUT2D eigenvalue weighted by Gasteiger charge is 2.50. The smallest absolute Gasteiger partial charge is 0.326 e. The van der Waals surface area contributed by atoms with Crippen LogP contribution in [0.2, 0.25) is 0 Å². The van der Waals surface area contributed by atoms with E-state index in [1.54, 1.807) is 12.1 Å². The lowest BCUT2D eigenvalue weighted by molar-refractivity contribution is -0.385. The number of rotatable bonds is 2. The fourth-order valence-corrected chi connectivity index (χ4v) is 5.33. The second-order valence-corrected chi connectivity index (χ2v) is 7.47. The van der Waals surface area contributed by atoms with Gasteiger partial charge in [0.05, 0.1) is 4.92 Å². The van der Waals surface area contributed by atoms with E-state index in [0.29, 0.717) is 18.9 Å². The van der Waals surface area contributed by atoms with Crippen molar-refractivity contribution in [2.45, 2.75) is 30.7 Å². The van der Waals surface area contributed by atoms with E-state index in [9.17, 15) is 20.0 Å². The van der Waals surface area contributed by atoms with Gasteiger partial charge < -0.3 is 10.0 Å². The molecule has 25 heavy (non-hydrogen) atoms. The molecule has 5 atom stereocenters. The topological polar surface area (TPSA) is 83.7 Å². The van der Waals surface area contributed by atoms with Crippen LogP contribution in [0.4, 0.5) is 11.4 Å². The zero-order chi connectivity index (χ0) is 17.3. The van der Waals surface area contributed by atoms with Gasteiger partial charge in [0.2, 0.25) is 0 Å². The summed E-state index contributed by atoms with van der Waals surface area (Å²) in [6, 6.07) is 2.76. The summed E-state index contributed by atoms with van der Waals surface area (Å²) in [6.07, 6.45) is 9.92. The highest BCUT2D eigenvalue weighted by atomic mass is 16.6. The highest BCUT2D eigenvalue weighted by molar-refractivity contribution is 5.84. The molecule has 0 unspecified atom stereocenters. The number of carboxylic acid groups (broad SMARTS) is 1. The first-order chi connectivity index (χ1) is 12.1. The minimum atomic E-state index is -0.793. The Morgan fingerprint density at radius 2 is 1.84 bits per heavy atom. The molecule has 0 aromatic heterocycles. The lowest BCUT2D eigenvalue weighted by Gasteiger charge is -2.49. The Hall–Kier alpha value is -2.63. The monoisotopic (exact) mass is 338 g/mol. The number of hydrogen-bond acceptors (Lipinski definition) is 4. The number of non-ortho nitro benzene ring substituents is 1. The largest absolute Gasteiger partial charge is 0.480 e. The van der Waals surface area contributed by atoms with Crippen LogP contribution in [-0.4, -0.2) is 28.6 Å². The van der Waals surface area contributed by atoms with Crippen molar-refractivity contribution in [2.75, 3.05) is 11.4 Å². The van der Waals surface area contributed by atoms with E-state index in [0.717, 1.165) is 23.2 Å². The number of aliphatic carboxylic acids is 1. The average molecular weight is 338 g/mol. The van der Waals surface area contributed by atoms with Crippen LogP contribution in [0.3, 0.4) is 0 Å². The second kappa shape index (κ2) is 4.94. The van der Waals surface area contributed by atoms with Crippen molar-refractivity contribution in [3.63, 3.8) is 0 Å². The van der Waals surface area contributed by atoms with Gasteiger partial charge in [-0.2, -0.15) is 0 Å². The second-order valence-electron chi connectivity index (χ2n) is 7.47. The molecule has 0 radical (unpaired) electrons. The van der Waals surface area contributed by atoms with E-state index in [4.69, 9.17) is 0 Å². The molecule has 128 valence electrons. The van der Waals surface area contributed by atoms with Crippen LogP contribution < -0.4 is 4.90 Å². The van der Waals surface area contributed by atoms with Gasteiger partial charge in [-0.3, -0.25) is 10.1 Å². The van der Waals surface area contributed by atoms with Gasteiger partial charge in [0.15, 0.2) is 0 Å². The van der Waals surface area contributed by atoms with E-state index in [2.05, 4.69) is 12.2 Å². The van der Waals surface area contributed by atoms with Crippen LogP contribution in [0.5, 0.6) is 0 Å². The Balaban J connectivity index is 1.79. The summed E-state index contributed by atoms with van der Waals surface area (Å²) in [6.45, 7) is 0.704. The van der Waals surface area contributed by atoms with Crippen molar-refractivity contribution in [1.29, 1.82) is 0 Å². The predicted molar refractivity (Wildman–Crippen MR) is 91.8 cm³/mol. The van der Waals surface area contributed by atoms with Crippen molar-refractivity contribution in [2.24, 2.45) is 11.8 Å². The Morgan fingerprint density at radius 1 is 1.16 bits per heavy atom. The number of anilines is 1. The molecule has 1 aromatic carbocycles. The maximum atomic E-state index is 12.1. The van der Waals surface area contributed by atoms with Crippen molar-refractivity contribution in [3.05, 3.63) is 57.7 Å². The van der Waals surface area contributed by atoms with Gasteiger partial charge in [0.1, 0.15) is 6.04 Å². The fourth-order valence-electron chi connectivity index (χ4n) is 5.33. The van der Waals surface area contributed by atoms with Crippen LogP contribution in [-0.2, 0) is 4.79 Å². The van der Waals surface area contributed by atoms with Crippen molar-refractivity contribution < 1.29 is 14.8 Å². The molecule has 0 amide bonds. The number of benzene rings is 1. The first-order valence-corrected chi connectivity index (χ1v) is 8.71. The zero-order valence-electron chi connectivity index (χ0n) is 13.5. The molecule has 0 saturated carbocycles. The summed E-state index contributed by atoms with van der Waals surface area (Å²) in [7, 11) is 0. The van der Waals surface area contributed by atoms with Gasteiger partial charge >= 0.3 is 5.97 Å². The normalized spacial score (nSPS) is 33.8. The molecule has 2 aliphatic carbocycles. The summed E-state index contributed by atoms with van der Waals surface area (Å²) in [5.41, 5.74) is 2.90. The third kappa shape index (κ3) is 1.88. The zero-order valence-corrected chi connectivity index (χ0v) is 13.5. The van der Waals surface area contributed by atoms with Gasteiger partial charge in [0.25, 0.3) is 5.69 Å². The summed E-state index contributed by atoms with van der Waals surface area (Å²) < 4.78 is 0. The summed E-state index contributed by atoms with van der Waals surface area (Å²) in [5.74, 6) is -0.437. The van der Waals surface area contributed by atoms with Crippen LogP contribution >= 0.6 is 0 Å². The predicted octanol–water partition coefficient (Wildman–Crippen LogP) is 3.20. The third-order valence-electron chi connectivity index (χ3n) is 6.30. The quantitative estimate of drug-likeness (QED) is 0.508. The van der Waals surface area contributed by atoms with E-state index in [1.165, 1.54) is 0 Å². The average Bonchev–Trinajstić information content (AvgIpc) is 3.23. The first kappa shape index (κ1) is 14.7. The van der Waals surface area contributed by atoms with E-state index in [-0.39, 0.29) is 28.4 Å². The van der Waals surface area contributed by atoms with Gasteiger partial charge in [-0.15, -0.1) is 0 Å². The van der Waals surface area contributed by atoms with E-state index in [1.807, 2.05) is 17.1 Å². The Kier molecular flexibility index (Phi) is 2.90. The highest BCUT2D eigenvalue weighted by Crippen LogP contribution is 2.55. The summed E-state index contributed by atoms with van der Waals surface area (Å²) >= 11 is 0. The molecule has 6 heteroatoms. The van der Waals surface area contributed by atoms with Crippen molar-refractivity contribution >= 4 is 17.3 Å². The number of nitrogens with zero attached hydrogens (tertiary/aromatic N) is 2. The number of hydrogen-bond donors (Lipinski definition) is 1. The van der Waals surface area contributed by atoms with Crippen LogP contribution in [0, 0.1) is 22.0 Å². The minimum Gasteiger partial charge on any atom is -0.480 e. The van der Waals surface area contributed by atoms with Gasteiger partial charge in [0, 0.05) is 42.1 Å². The maximum absolute atomic E-state index is 12.1. The van der Waals surface area contributed by atoms with Gasteiger partial charge in [-0.05, 0) is 29.9 Å². The van der Waals surface area contributed by atoms with Crippen LogP contribution in [0.15, 0.2) is 36.4 Å². The summed E-state index contributed by atoms with van der Waals surface area (Å²) in [5, 5.41) is 21.4. The molecule has 0 fully saturated rings. The number of nitro benzene ring substituents is 1. The maximum Gasteiger partial charge on any atom is 0.326 e. The number of allylic oxidation sites excluding steroid dienone is 4. The lowest BCUT2D eigenvalue weighted by Crippen LogP contribution is -2.54. The molecule has 0 saturated heterocycles. The Bertz CT molecular complexity index is 842. The summed E-state index contributed by atoms with van der Waals surface area (Å²) in [4.78, 5) is 25.3. The molecule has 1 aromatic rings. The standard InChI is InChI=1S/C19H18N2O4/c22-19(23)18-14-6-2-5-13(14)16-8-11(21(24)25)7-15-12-4-1-3-10(12)9-20(18)17(15)16/h1-2,4-5,7-8,10,12-14,18H,3,6,9H2,(H,22,23)/t10-,12+,13-,14-,18-/m0/s1. The molecule has 6 nitrogen and oxygen atoms in total. The Morgan fingerprint density at radius 3 is 2.56 bits per heavy atom. The van der Waals surface area contributed by atoms with E-state index < -0.39 is 12.0 Å². The molecular formula is C19H18N2O4. The molecule has 5 rings (SSSR count). The number of carbonyl (C=O) groups is 1. The molecule has 4 aliphatic rings. The van der Waals surface area contributed by atoms with E-state index >= 15 is 0 Å². The first-order valence-electron chi connectivity index (χ1n) is 8.71. The van der Waals surface area contributed by atoms with Gasteiger partial charge in [-0.25, -0.2) is 4.79 Å². The minimum absolute atomic E-state index is 0.0482. The van der Waals surface area contributed by atoms with Crippen molar-refractivity contribution in [3.8, 4) is 0 Å². The van der Waals surface area contributed by atoms with Crippen LogP contribution in [0.25, 0.3) is 0 Å². The number of carboxylic acids is 1. The third-order valence-corrected chi connectivity index (χ3v) is 6.30. The molecule has 2 aliphatic heterocycles. The van der Waals surface area contributed by atoms with Crippen LogP contribution in [0.1, 0.15) is 35.8 Å². The molecule has 0 spiro atoms. The molecule has 1 N–H and O–H groups in total.